The van der Waals surface area contributed by atoms with E-state index in [-0.39, 0.29) is 0 Å². The van der Waals surface area contributed by atoms with E-state index >= 15 is 0 Å². The van der Waals surface area contributed by atoms with Gasteiger partial charge in [-0.2, -0.15) is 0 Å². The van der Waals surface area contributed by atoms with E-state index in [0.29, 0.717) is 22.0 Å². The molecule has 0 spiro atoms. The smallest absolute Gasteiger partial charge is 0.188 e. The van der Waals surface area contributed by atoms with E-state index in [9.17, 15) is 9.90 Å². The highest BCUT2D eigenvalue weighted by Crippen LogP contribution is 2.26. The Kier molecular flexibility index (Phi) is 5.98. The summed E-state index contributed by atoms with van der Waals surface area (Å²) < 4.78 is 5.10. The van der Waals surface area contributed by atoms with Gasteiger partial charge in [-0.3, -0.25) is 4.79 Å². The van der Waals surface area contributed by atoms with Gasteiger partial charge in [-0.1, -0.05) is 23.7 Å². The van der Waals surface area contributed by atoms with Crippen LogP contribution in [0.4, 0.5) is 5.69 Å². The molecule has 122 valence electrons. The van der Waals surface area contributed by atoms with Crippen LogP contribution in [0.15, 0.2) is 48.5 Å². The van der Waals surface area contributed by atoms with Crippen LogP contribution in [-0.2, 0) is 4.79 Å². The molecule has 0 saturated carbocycles. The van der Waals surface area contributed by atoms with E-state index in [2.05, 4.69) is 5.32 Å². The zero-order valence-corrected chi connectivity index (χ0v) is 13.3. The fraction of sp³-hybridized carbons (Fsp3) is 0.235. The molecule has 2 atom stereocenters. The van der Waals surface area contributed by atoms with Crippen molar-refractivity contribution in [1.82, 2.24) is 0 Å². The van der Waals surface area contributed by atoms with Crippen molar-refractivity contribution in [2.75, 3.05) is 19.0 Å². The van der Waals surface area contributed by atoms with Crippen molar-refractivity contribution in [3.05, 3.63) is 59.1 Å². The molecular formula is C17H18ClNO4. The lowest BCUT2D eigenvalue weighted by molar-refractivity contribution is -0.130. The van der Waals surface area contributed by atoms with E-state index in [1.165, 1.54) is 0 Å². The Labute approximate surface area is 139 Å². The molecule has 0 aromatic heterocycles. The zero-order chi connectivity index (χ0) is 16.8. The monoisotopic (exact) mass is 335 g/mol. The molecule has 0 unspecified atom stereocenters. The second-order valence-electron chi connectivity index (χ2n) is 4.97. The Bertz CT molecular complexity index is 643. The maximum atomic E-state index is 11.7. The SMILES string of the molecule is COc1ccc(N[C@H](c2ccc(Cl)cc2)[C@@H](O)C(=O)CO)cc1. The molecule has 0 heterocycles. The molecule has 5 nitrogen and oxygen atoms in total. The van der Waals surface area contributed by atoms with Crippen LogP contribution in [0.1, 0.15) is 11.6 Å². The Morgan fingerprint density at radius 1 is 1.17 bits per heavy atom. The fourth-order valence-corrected chi connectivity index (χ4v) is 2.29. The number of carbonyl (C=O) groups excluding carboxylic acids is 1. The van der Waals surface area contributed by atoms with Gasteiger partial charge in [-0.25, -0.2) is 0 Å². The average Bonchev–Trinajstić information content (AvgIpc) is 2.59. The van der Waals surface area contributed by atoms with Gasteiger partial charge in [0.05, 0.1) is 13.2 Å². The predicted octanol–water partition coefficient (Wildman–Crippen LogP) is 2.42. The summed E-state index contributed by atoms with van der Waals surface area (Å²) in [5.41, 5.74) is 1.38. The van der Waals surface area contributed by atoms with Crippen LogP contribution in [0.5, 0.6) is 5.75 Å². The molecule has 0 fully saturated rings. The number of aliphatic hydroxyl groups excluding tert-OH is 2. The second-order valence-corrected chi connectivity index (χ2v) is 5.41. The number of benzene rings is 2. The number of hydrogen-bond acceptors (Lipinski definition) is 5. The Morgan fingerprint density at radius 2 is 1.78 bits per heavy atom. The largest absolute Gasteiger partial charge is 0.497 e. The summed E-state index contributed by atoms with van der Waals surface area (Å²) >= 11 is 5.88. The van der Waals surface area contributed by atoms with Crippen LogP contribution in [0.3, 0.4) is 0 Å². The summed E-state index contributed by atoms with van der Waals surface area (Å²) in [6, 6.07) is 13.2. The number of rotatable bonds is 7. The minimum Gasteiger partial charge on any atom is -0.497 e. The third-order valence-corrected chi connectivity index (χ3v) is 3.69. The molecule has 0 aliphatic carbocycles. The standard InChI is InChI=1S/C17H18ClNO4/c1-23-14-8-6-13(7-9-14)19-16(17(22)15(21)10-20)11-2-4-12(18)5-3-11/h2-9,16-17,19-20,22H,10H2,1H3/t16-,17+/m1/s1. The number of anilines is 1. The highest BCUT2D eigenvalue weighted by atomic mass is 35.5. The molecule has 2 aromatic carbocycles. The summed E-state index contributed by atoms with van der Waals surface area (Å²) in [5, 5.41) is 22.9. The van der Waals surface area contributed by atoms with E-state index in [1.54, 1.807) is 55.6 Å². The molecule has 2 aromatic rings. The van der Waals surface area contributed by atoms with Gasteiger partial charge in [0.1, 0.15) is 18.5 Å². The van der Waals surface area contributed by atoms with Gasteiger partial charge < -0.3 is 20.3 Å². The number of ketones is 1. The lowest BCUT2D eigenvalue weighted by Gasteiger charge is -2.24. The molecule has 0 bridgehead atoms. The summed E-state index contributed by atoms with van der Waals surface area (Å²) in [5.74, 6) is 0.0385. The van der Waals surface area contributed by atoms with Gasteiger partial charge >= 0.3 is 0 Å². The summed E-state index contributed by atoms with van der Waals surface area (Å²) in [4.78, 5) is 11.7. The summed E-state index contributed by atoms with van der Waals surface area (Å²) in [6.07, 6.45) is -1.39. The van der Waals surface area contributed by atoms with Gasteiger partial charge in [-0.15, -0.1) is 0 Å². The van der Waals surface area contributed by atoms with Crippen LogP contribution in [-0.4, -0.2) is 35.8 Å². The number of aliphatic hydroxyl groups is 2. The van der Waals surface area contributed by atoms with Crippen LogP contribution < -0.4 is 10.1 Å². The van der Waals surface area contributed by atoms with E-state index in [4.69, 9.17) is 21.4 Å². The van der Waals surface area contributed by atoms with Crippen molar-refractivity contribution in [2.45, 2.75) is 12.1 Å². The van der Waals surface area contributed by atoms with Crippen molar-refractivity contribution in [3.8, 4) is 5.75 Å². The molecule has 23 heavy (non-hydrogen) atoms. The molecule has 2 rings (SSSR count). The van der Waals surface area contributed by atoms with Crippen LogP contribution >= 0.6 is 11.6 Å². The van der Waals surface area contributed by atoms with E-state index < -0.39 is 24.5 Å². The summed E-state index contributed by atoms with van der Waals surface area (Å²) in [7, 11) is 1.57. The first-order valence-corrected chi connectivity index (χ1v) is 7.40. The first-order chi connectivity index (χ1) is 11.0. The number of halogens is 1. The zero-order valence-electron chi connectivity index (χ0n) is 12.6. The number of hydrogen-bond donors (Lipinski definition) is 3. The van der Waals surface area contributed by atoms with Crippen LogP contribution in [0.25, 0.3) is 0 Å². The number of methoxy groups -OCH3 is 1. The third kappa shape index (κ3) is 4.45. The van der Waals surface area contributed by atoms with Crippen molar-refractivity contribution in [1.29, 1.82) is 0 Å². The first kappa shape index (κ1) is 17.3. The Hall–Kier alpha value is -2.08. The topological polar surface area (TPSA) is 78.8 Å². The molecule has 0 aliphatic rings. The fourth-order valence-electron chi connectivity index (χ4n) is 2.16. The maximum absolute atomic E-state index is 11.7. The van der Waals surface area contributed by atoms with E-state index in [0.717, 1.165) is 0 Å². The molecular weight excluding hydrogens is 318 g/mol. The van der Waals surface area contributed by atoms with Gasteiger partial charge in [0, 0.05) is 10.7 Å². The molecule has 0 aliphatic heterocycles. The van der Waals surface area contributed by atoms with Crippen LogP contribution in [0, 0.1) is 0 Å². The lowest BCUT2D eigenvalue weighted by atomic mass is 9.98. The number of nitrogens with one attached hydrogen (secondary N) is 1. The third-order valence-electron chi connectivity index (χ3n) is 3.44. The van der Waals surface area contributed by atoms with Gasteiger partial charge in [0.15, 0.2) is 5.78 Å². The minimum absolute atomic E-state index is 0.555. The molecule has 0 saturated heterocycles. The highest BCUT2D eigenvalue weighted by molar-refractivity contribution is 6.30. The number of ether oxygens (including phenoxy) is 1. The molecule has 0 radical (unpaired) electrons. The van der Waals surface area contributed by atoms with Crippen LogP contribution in [0.2, 0.25) is 5.02 Å². The summed E-state index contributed by atoms with van der Waals surface area (Å²) in [6.45, 7) is -0.727. The number of carbonyl (C=O) groups is 1. The van der Waals surface area contributed by atoms with E-state index in [1.807, 2.05) is 0 Å². The van der Waals surface area contributed by atoms with Gasteiger partial charge in [0.25, 0.3) is 0 Å². The quantitative estimate of drug-likeness (QED) is 0.724. The lowest BCUT2D eigenvalue weighted by Crippen LogP contribution is -2.34. The first-order valence-electron chi connectivity index (χ1n) is 7.03. The van der Waals surface area contributed by atoms with Crippen molar-refractivity contribution in [2.24, 2.45) is 0 Å². The van der Waals surface area contributed by atoms with Gasteiger partial charge in [0.2, 0.25) is 0 Å². The van der Waals surface area contributed by atoms with Crippen molar-refractivity contribution >= 4 is 23.1 Å². The Balaban J connectivity index is 2.28. The van der Waals surface area contributed by atoms with Gasteiger partial charge in [-0.05, 0) is 42.0 Å². The Morgan fingerprint density at radius 3 is 2.30 bits per heavy atom. The minimum atomic E-state index is -1.39. The normalized spacial score (nSPS) is 13.2. The van der Waals surface area contributed by atoms with Crippen molar-refractivity contribution < 1.29 is 19.7 Å². The highest BCUT2D eigenvalue weighted by Gasteiger charge is 2.27. The maximum Gasteiger partial charge on any atom is 0.188 e. The average molecular weight is 336 g/mol. The molecule has 6 heteroatoms. The predicted molar refractivity (Wildman–Crippen MR) is 88.9 cm³/mol. The second kappa shape index (κ2) is 7.97. The molecule has 3 N–H and O–H groups in total. The molecule has 0 amide bonds. The number of Topliss-reactive ketones (excluding diaryl/α,β-unsaturated/α-hetero) is 1. The van der Waals surface area contributed by atoms with Crippen molar-refractivity contribution in [3.63, 3.8) is 0 Å².